The standard InChI is InChI=1S/C68H54O12/c1-6-8-10-12-14-16-18-20-22-24-26-28-30-32-34-38-62(70)75-51-57(52-76-63(71)39-35-33-31-29-27-25-23-21-19-17-15-13-11-9-7-2)79-65(73)41-37-36-40-64(72)77-53-78-66(74)80-56-46-48-67(4)55(50-56)42-43-58-60-45-44-59(54(3)69)68(60,5)49-47-61(58)67/h55-61H,36-37,40-53H2,1-5H3/t55-,56?,58-,59+,60-,61-,67-,68+/m0/s1. The van der Waals surface area contributed by atoms with Gasteiger partial charge in [-0.1, -0.05) is 25.7 Å². The maximum Gasteiger partial charge on any atom is 0.511 e. The van der Waals surface area contributed by atoms with Gasteiger partial charge in [0.25, 0.3) is 0 Å². The minimum atomic E-state index is -1.28. The average Bonchev–Trinajstić information content (AvgIpc) is 3.95. The molecule has 4 aliphatic carbocycles. The molecule has 1 unspecified atom stereocenters. The van der Waals surface area contributed by atoms with Gasteiger partial charge < -0.3 is 28.4 Å². The van der Waals surface area contributed by atoms with Crippen molar-refractivity contribution in [2.24, 2.45) is 40.4 Å². The Hall–Kier alpha value is -10.2. The molecule has 12 heteroatoms. The van der Waals surface area contributed by atoms with Crippen LogP contribution in [-0.4, -0.2) is 68.0 Å². The highest BCUT2D eigenvalue weighted by Crippen LogP contribution is 2.67. The number of unbranched alkanes of at least 4 members (excludes halogenated alkanes) is 1. The molecule has 398 valence electrons. The van der Waals surface area contributed by atoms with Crippen molar-refractivity contribution in [3.8, 4) is 189 Å². The van der Waals surface area contributed by atoms with Crippen LogP contribution in [0.1, 0.15) is 118 Å². The Morgan fingerprint density at radius 1 is 0.475 bits per heavy atom. The van der Waals surface area contributed by atoms with Gasteiger partial charge >= 0.3 is 30.0 Å². The van der Waals surface area contributed by atoms with E-state index in [2.05, 4.69) is 203 Å². The summed E-state index contributed by atoms with van der Waals surface area (Å²) < 4.78 is 31.5. The maximum atomic E-state index is 12.8. The van der Waals surface area contributed by atoms with Crippen LogP contribution in [0.3, 0.4) is 0 Å². The highest BCUT2D eigenvalue weighted by molar-refractivity contribution is 5.89. The molecule has 4 saturated carbocycles. The van der Waals surface area contributed by atoms with E-state index in [-0.39, 0.29) is 48.5 Å². The Morgan fingerprint density at radius 3 is 1.39 bits per heavy atom. The summed E-state index contributed by atoms with van der Waals surface area (Å²) in [6, 6.07) is 0. The Bertz CT molecular complexity index is 3340. The van der Waals surface area contributed by atoms with E-state index in [9.17, 15) is 28.8 Å². The van der Waals surface area contributed by atoms with Crippen LogP contribution in [-0.2, 0) is 52.4 Å². The van der Waals surface area contributed by atoms with Crippen LogP contribution in [0.5, 0.6) is 0 Å². The number of fused-ring (bicyclic) bond motifs is 5. The number of rotatable bonds is 14. The molecule has 0 aromatic heterocycles. The van der Waals surface area contributed by atoms with Crippen molar-refractivity contribution in [3.63, 3.8) is 0 Å². The highest BCUT2D eigenvalue weighted by atomic mass is 16.8. The van der Waals surface area contributed by atoms with Crippen LogP contribution >= 0.6 is 0 Å². The van der Waals surface area contributed by atoms with E-state index in [1.54, 1.807) is 20.8 Å². The van der Waals surface area contributed by atoms with E-state index in [4.69, 9.17) is 28.4 Å². The van der Waals surface area contributed by atoms with Gasteiger partial charge in [0.05, 0.1) is 0 Å². The molecule has 4 aliphatic rings. The summed E-state index contributed by atoms with van der Waals surface area (Å²) >= 11 is 0. The first-order valence-electron chi connectivity index (χ1n) is 25.7. The molecule has 0 aliphatic heterocycles. The molecule has 0 aromatic carbocycles. The lowest BCUT2D eigenvalue weighted by molar-refractivity contribution is -0.163. The molecule has 0 radical (unpaired) electrons. The zero-order valence-corrected chi connectivity index (χ0v) is 45.3. The first kappa shape index (κ1) is 62.3. The molecule has 0 heterocycles. The summed E-state index contributed by atoms with van der Waals surface area (Å²) in [5, 5.41) is 0. The second-order valence-electron chi connectivity index (χ2n) is 18.8. The van der Waals surface area contributed by atoms with E-state index < -0.39 is 56.1 Å². The minimum Gasteiger partial charge on any atom is -0.455 e. The molecule has 0 aromatic rings. The van der Waals surface area contributed by atoms with E-state index in [1.807, 2.05) is 0 Å². The van der Waals surface area contributed by atoms with Crippen molar-refractivity contribution in [3.05, 3.63) is 0 Å². The molecule has 0 spiro atoms. The highest BCUT2D eigenvalue weighted by Gasteiger charge is 2.61. The predicted molar refractivity (Wildman–Crippen MR) is 294 cm³/mol. The summed E-state index contributed by atoms with van der Waals surface area (Å²) in [7, 11) is 0. The molecule has 0 saturated heterocycles. The molecule has 0 bridgehead atoms. The molecule has 80 heavy (non-hydrogen) atoms. The number of Topliss-reactive ketones (excluding diaryl/α,β-unsaturated/α-hetero) is 1. The molecule has 4 rings (SSSR count). The third-order valence-corrected chi connectivity index (χ3v) is 14.1. The van der Waals surface area contributed by atoms with Crippen molar-refractivity contribution in [1.82, 2.24) is 0 Å². The van der Waals surface area contributed by atoms with Crippen LogP contribution in [0.4, 0.5) is 4.79 Å². The van der Waals surface area contributed by atoms with Crippen LogP contribution in [0.25, 0.3) is 0 Å². The van der Waals surface area contributed by atoms with Gasteiger partial charge in [0.15, 0.2) is 6.10 Å². The maximum absolute atomic E-state index is 12.8. The number of hydrogen-bond donors (Lipinski definition) is 0. The summed E-state index contributed by atoms with van der Waals surface area (Å²) in [6.45, 7) is 8.10. The van der Waals surface area contributed by atoms with Crippen LogP contribution in [0.15, 0.2) is 0 Å². The fourth-order valence-corrected chi connectivity index (χ4v) is 10.7. The lowest BCUT2D eigenvalue weighted by Gasteiger charge is -2.61. The monoisotopic (exact) mass is 1060 g/mol. The number of ether oxygens (including phenoxy) is 6. The number of esters is 4. The second-order valence-corrected chi connectivity index (χ2v) is 18.8. The van der Waals surface area contributed by atoms with Gasteiger partial charge in [-0.05, 0) is 292 Å². The SMILES string of the molecule is CC#CC#CC#CC#CC#CC#CC#CC#CC(=O)OCC(COC(=O)C#CC#CC#CC#CC#CC#CC#CC#CC)OC(=O)CCCCC(=O)OCOC(=O)OC1CC[C@@]2(C)[C@@H](CC[C@@H]3[C@@H]2CC[C@]2(C)[C@@H](C(C)=O)CC[C@@H]32)C1. The van der Waals surface area contributed by atoms with Gasteiger partial charge in [0.2, 0.25) is 6.79 Å². The number of ketones is 1. The zero-order valence-electron chi connectivity index (χ0n) is 45.3. The molecular formula is C68H54O12. The third kappa shape index (κ3) is 22.2. The van der Waals surface area contributed by atoms with Crippen LogP contribution in [0.2, 0.25) is 0 Å². The van der Waals surface area contributed by atoms with Crippen molar-refractivity contribution in [1.29, 1.82) is 0 Å². The van der Waals surface area contributed by atoms with Gasteiger partial charge in [0, 0.05) is 30.6 Å². The predicted octanol–water partition coefficient (Wildman–Crippen LogP) is 5.91. The molecule has 8 atom stereocenters. The summed E-state index contributed by atoms with van der Waals surface area (Å²) in [5.74, 6) is 77.2. The van der Waals surface area contributed by atoms with E-state index >= 15 is 0 Å². The van der Waals surface area contributed by atoms with Gasteiger partial charge in [-0.15, -0.1) is 0 Å². The summed E-state index contributed by atoms with van der Waals surface area (Å²) in [5.41, 5.74) is 0.266. The lowest BCUT2D eigenvalue weighted by Crippen LogP contribution is -2.54. The van der Waals surface area contributed by atoms with Crippen LogP contribution in [0, 0.1) is 230 Å². The average molecular weight is 1060 g/mol. The Labute approximate surface area is 471 Å². The van der Waals surface area contributed by atoms with Crippen LogP contribution < -0.4 is 0 Å². The van der Waals surface area contributed by atoms with Gasteiger partial charge in [-0.2, -0.15) is 0 Å². The van der Waals surface area contributed by atoms with E-state index in [0.717, 1.165) is 57.8 Å². The normalized spacial score (nSPS) is 20.9. The Morgan fingerprint density at radius 2 is 0.912 bits per heavy atom. The summed E-state index contributed by atoms with van der Waals surface area (Å²) in [4.78, 5) is 75.1. The number of hydrogen-bond acceptors (Lipinski definition) is 12. The largest absolute Gasteiger partial charge is 0.511 e. The number of carbonyl (C=O) groups excluding carboxylic acids is 6. The van der Waals surface area contributed by atoms with Gasteiger partial charge in [-0.3, -0.25) is 14.4 Å². The lowest BCUT2D eigenvalue weighted by atomic mass is 9.44. The summed E-state index contributed by atoms with van der Waals surface area (Å²) in [6.07, 6.45) is 6.68. The van der Waals surface area contributed by atoms with Crippen molar-refractivity contribution in [2.45, 2.75) is 130 Å². The molecular weight excluding hydrogens is 1010 g/mol. The minimum absolute atomic E-state index is 0.0976. The molecule has 0 N–H and O–H groups in total. The molecule has 12 nitrogen and oxygen atoms in total. The Balaban J connectivity index is 1.20. The Kier molecular flexibility index (Phi) is 27.4. The first-order chi connectivity index (χ1) is 38.8. The van der Waals surface area contributed by atoms with Gasteiger partial charge in [-0.25, -0.2) is 14.4 Å². The third-order valence-electron chi connectivity index (χ3n) is 14.1. The second kappa shape index (κ2) is 35.2. The quantitative estimate of drug-likeness (QED) is 0.0507. The van der Waals surface area contributed by atoms with Gasteiger partial charge in [0.1, 0.15) is 25.1 Å². The topological polar surface area (TPSA) is 158 Å². The van der Waals surface area contributed by atoms with E-state index in [1.165, 1.54) is 0 Å². The van der Waals surface area contributed by atoms with Crippen molar-refractivity contribution < 1.29 is 57.2 Å². The van der Waals surface area contributed by atoms with Crippen molar-refractivity contribution in [2.75, 3.05) is 20.0 Å². The molecule has 4 fully saturated rings. The smallest absolute Gasteiger partial charge is 0.455 e. The zero-order chi connectivity index (χ0) is 57.7. The fraction of sp³-hybridized carbons (Fsp3) is 0.441. The van der Waals surface area contributed by atoms with Crippen molar-refractivity contribution >= 4 is 35.8 Å². The molecule has 0 amide bonds. The number of carbonyl (C=O) groups is 6. The first-order valence-corrected chi connectivity index (χ1v) is 25.7. The fourth-order valence-electron chi connectivity index (χ4n) is 10.7. The van der Waals surface area contributed by atoms with E-state index in [0.29, 0.717) is 29.5 Å².